The van der Waals surface area contributed by atoms with Crippen molar-refractivity contribution < 1.29 is 9.21 Å². The second kappa shape index (κ2) is 5.67. The molecule has 0 spiro atoms. The summed E-state index contributed by atoms with van der Waals surface area (Å²) in [5.41, 5.74) is 0.915. The highest BCUT2D eigenvalue weighted by molar-refractivity contribution is 5.80. The van der Waals surface area contributed by atoms with Gasteiger partial charge in [0.15, 0.2) is 0 Å². The molecule has 0 bridgehead atoms. The molecule has 1 fully saturated rings. The van der Waals surface area contributed by atoms with Crippen LogP contribution in [0.25, 0.3) is 11.0 Å². The van der Waals surface area contributed by atoms with Gasteiger partial charge in [-0.2, -0.15) is 0 Å². The number of nitrogens with one attached hydrogen (secondary N) is 2. The first kappa shape index (κ1) is 13.2. The van der Waals surface area contributed by atoms with E-state index in [0.29, 0.717) is 6.54 Å². The van der Waals surface area contributed by atoms with Crippen LogP contribution in [0.5, 0.6) is 0 Å². The summed E-state index contributed by atoms with van der Waals surface area (Å²) in [6.45, 7) is 3.48. The smallest absolute Gasteiger partial charge is 0.223 e. The summed E-state index contributed by atoms with van der Waals surface area (Å²) in [7, 11) is 0. The molecule has 3 rings (SSSR count). The summed E-state index contributed by atoms with van der Waals surface area (Å²) in [6, 6.07) is 10.2. The molecule has 1 aliphatic carbocycles. The second-order valence-corrected chi connectivity index (χ2v) is 5.43. The number of furan rings is 1. The lowest BCUT2D eigenvalue weighted by atomic mass is 10.2. The molecule has 1 amide bonds. The first-order valence-corrected chi connectivity index (χ1v) is 7.23. The third kappa shape index (κ3) is 3.02. The van der Waals surface area contributed by atoms with Crippen LogP contribution in [0.15, 0.2) is 34.7 Å². The molecule has 0 aliphatic heterocycles. The van der Waals surface area contributed by atoms with Crippen LogP contribution in [0.3, 0.4) is 0 Å². The molecule has 0 saturated heterocycles. The SMILES string of the molecule is CC(NCCNC(=O)C1CC1)c1cc2ccccc2o1. The maximum absolute atomic E-state index is 11.5. The van der Waals surface area contributed by atoms with Crippen LogP contribution in [-0.2, 0) is 4.79 Å². The fraction of sp³-hybridized carbons (Fsp3) is 0.438. The average molecular weight is 272 g/mol. The van der Waals surface area contributed by atoms with Gasteiger partial charge in [-0.05, 0) is 31.9 Å². The van der Waals surface area contributed by atoms with Crippen LogP contribution in [0, 0.1) is 5.92 Å². The Balaban J connectivity index is 1.48. The van der Waals surface area contributed by atoms with E-state index in [9.17, 15) is 4.79 Å². The van der Waals surface area contributed by atoms with Gasteiger partial charge in [-0.25, -0.2) is 0 Å². The van der Waals surface area contributed by atoms with Gasteiger partial charge < -0.3 is 15.1 Å². The quantitative estimate of drug-likeness (QED) is 0.795. The summed E-state index contributed by atoms with van der Waals surface area (Å²) in [4.78, 5) is 11.5. The van der Waals surface area contributed by atoms with Gasteiger partial charge in [-0.15, -0.1) is 0 Å². The van der Waals surface area contributed by atoms with E-state index in [-0.39, 0.29) is 17.9 Å². The third-order valence-corrected chi connectivity index (χ3v) is 3.69. The van der Waals surface area contributed by atoms with E-state index in [1.807, 2.05) is 24.3 Å². The molecule has 2 aromatic rings. The third-order valence-electron chi connectivity index (χ3n) is 3.69. The van der Waals surface area contributed by atoms with Crippen molar-refractivity contribution in [3.05, 3.63) is 36.1 Å². The number of rotatable bonds is 6. The van der Waals surface area contributed by atoms with E-state index < -0.39 is 0 Å². The molecule has 1 aromatic carbocycles. The van der Waals surface area contributed by atoms with Crippen LogP contribution in [0.4, 0.5) is 0 Å². The molecule has 4 heteroatoms. The van der Waals surface area contributed by atoms with Crippen molar-refractivity contribution in [2.45, 2.75) is 25.8 Å². The number of benzene rings is 1. The maximum atomic E-state index is 11.5. The fourth-order valence-electron chi connectivity index (χ4n) is 2.28. The fourth-order valence-corrected chi connectivity index (χ4v) is 2.28. The van der Waals surface area contributed by atoms with Crippen LogP contribution in [0.1, 0.15) is 31.6 Å². The minimum Gasteiger partial charge on any atom is -0.459 e. The Morgan fingerprint density at radius 3 is 2.90 bits per heavy atom. The second-order valence-electron chi connectivity index (χ2n) is 5.43. The number of para-hydroxylation sites is 1. The highest BCUT2D eigenvalue weighted by Gasteiger charge is 2.28. The largest absolute Gasteiger partial charge is 0.459 e. The van der Waals surface area contributed by atoms with Gasteiger partial charge in [0.05, 0.1) is 6.04 Å². The predicted molar refractivity (Wildman–Crippen MR) is 78.4 cm³/mol. The molecular weight excluding hydrogens is 252 g/mol. The molecule has 2 N–H and O–H groups in total. The Morgan fingerprint density at radius 1 is 1.35 bits per heavy atom. The lowest BCUT2D eigenvalue weighted by Gasteiger charge is -2.11. The topological polar surface area (TPSA) is 54.3 Å². The summed E-state index contributed by atoms with van der Waals surface area (Å²) >= 11 is 0. The number of carbonyl (C=O) groups is 1. The summed E-state index contributed by atoms with van der Waals surface area (Å²) in [5.74, 6) is 1.41. The van der Waals surface area contributed by atoms with E-state index in [2.05, 4.69) is 23.6 Å². The van der Waals surface area contributed by atoms with Gasteiger partial charge in [0.1, 0.15) is 11.3 Å². The molecular formula is C16H20N2O2. The standard InChI is InChI=1S/C16H20N2O2/c1-11(17-8-9-18-16(19)12-6-7-12)15-10-13-4-2-3-5-14(13)20-15/h2-5,10-12,17H,6-9H2,1H3,(H,18,19). The van der Waals surface area contributed by atoms with Crippen molar-refractivity contribution >= 4 is 16.9 Å². The first-order valence-electron chi connectivity index (χ1n) is 7.23. The van der Waals surface area contributed by atoms with Crippen LogP contribution in [0.2, 0.25) is 0 Å². The van der Waals surface area contributed by atoms with E-state index in [4.69, 9.17) is 4.42 Å². The monoisotopic (exact) mass is 272 g/mol. The molecule has 1 saturated carbocycles. The van der Waals surface area contributed by atoms with Crippen LogP contribution in [-0.4, -0.2) is 19.0 Å². The zero-order chi connectivity index (χ0) is 13.9. The van der Waals surface area contributed by atoms with Gasteiger partial charge in [0.2, 0.25) is 5.91 Å². The van der Waals surface area contributed by atoms with Crippen LogP contribution < -0.4 is 10.6 Å². The molecule has 4 nitrogen and oxygen atoms in total. The Labute approximate surface area is 118 Å². The lowest BCUT2D eigenvalue weighted by molar-refractivity contribution is -0.122. The summed E-state index contributed by atoms with van der Waals surface area (Å²) < 4.78 is 5.81. The molecule has 1 aliphatic rings. The molecule has 106 valence electrons. The molecule has 1 aromatic heterocycles. The maximum Gasteiger partial charge on any atom is 0.223 e. The summed E-state index contributed by atoms with van der Waals surface area (Å²) in [5, 5.41) is 7.44. The normalized spacial score (nSPS) is 16.2. The molecule has 20 heavy (non-hydrogen) atoms. The first-order chi connectivity index (χ1) is 9.74. The molecule has 1 heterocycles. The van der Waals surface area contributed by atoms with Gasteiger partial charge in [0, 0.05) is 24.4 Å². The summed E-state index contributed by atoms with van der Waals surface area (Å²) in [6.07, 6.45) is 2.10. The number of hydrogen-bond donors (Lipinski definition) is 2. The van der Waals surface area contributed by atoms with E-state index in [1.165, 1.54) is 0 Å². The van der Waals surface area contributed by atoms with Gasteiger partial charge in [0.25, 0.3) is 0 Å². The van der Waals surface area contributed by atoms with Gasteiger partial charge in [-0.3, -0.25) is 4.79 Å². The van der Waals surface area contributed by atoms with Crippen molar-refractivity contribution in [1.29, 1.82) is 0 Å². The predicted octanol–water partition coefficient (Wildman–Crippen LogP) is 2.61. The van der Waals surface area contributed by atoms with E-state index in [0.717, 1.165) is 36.1 Å². The van der Waals surface area contributed by atoms with Crippen molar-refractivity contribution in [2.75, 3.05) is 13.1 Å². The highest BCUT2D eigenvalue weighted by atomic mass is 16.3. The minimum atomic E-state index is 0.139. The number of amides is 1. The minimum absolute atomic E-state index is 0.139. The molecule has 1 atom stereocenters. The van der Waals surface area contributed by atoms with E-state index in [1.54, 1.807) is 0 Å². The Bertz CT molecular complexity index is 568. The van der Waals surface area contributed by atoms with E-state index >= 15 is 0 Å². The van der Waals surface area contributed by atoms with Crippen molar-refractivity contribution in [3.63, 3.8) is 0 Å². The van der Waals surface area contributed by atoms with Crippen LogP contribution >= 0.6 is 0 Å². The number of fused-ring (bicyclic) bond motifs is 1. The molecule has 1 unspecified atom stereocenters. The Morgan fingerprint density at radius 2 is 2.15 bits per heavy atom. The van der Waals surface area contributed by atoms with Crippen molar-refractivity contribution in [3.8, 4) is 0 Å². The highest BCUT2D eigenvalue weighted by Crippen LogP contribution is 2.28. The van der Waals surface area contributed by atoms with Gasteiger partial charge >= 0.3 is 0 Å². The zero-order valence-corrected chi connectivity index (χ0v) is 11.7. The number of hydrogen-bond acceptors (Lipinski definition) is 3. The molecule has 0 radical (unpaired) electrons. The Kier molecular flexibility index (Phi) is 3.74. The van der Waals surface area contributed by atoms with Crippen molar-refractivity contribution in [1.82, 2.24) is 10.6 Å². The Hall–Kier alpha value is -1.81. The van der Waals surface area contributed by atoms with Crippen molar-refractivity contribution in [2.24, 2.45) is 5.92 Å². The zero-order valence-electron chi connectivity index (χ0n) is 11.7. The number of carbonyl (C=O) groups excluding carboxylic acids is 1. The lowest BCUT2D eigenvalue weighted by Crippen LogP contribution is -2.33. The average Bonchev–Trinajstić information content (AvgIpc) is 3.21. The van der Waals surface area contributed by atoms with Gasteiger partial charge in [-0.1, -0.05) is 18.2 Å².